The van der Waals surface area contributed by atoms with Crippen LogP contribution in [-0.2, 0) is 16.0 Å². The molecule has 0 unspecified atom stereocenters. The third-order valence-electron chi connectivity index (χ3n) is 5.60. The largest absolute Gasteiger partial charge is 0.497 e. The van der Waals surface area contributed by atoms with E-state index in [4.69, 9.17) is 4.74 Å². The maximum atomic E-state index is 14.4. The first-order valence-corrected chi connectivity index (χ1v) is 9.98. The molecule has 0 aromatic heterocycles. The molecule has 1 aliphatic rings. The lowest BCUT2D eigenvalue weighted by Crippen LogP contribution is -2.44. The van der Waals surface area contributed by atoms with Gasteiger partial charge in [0.25, 0.3) is 0 Å². The van der Waals surface area contributed by atoms with E-state index in [1.807, 2.05) is 6.92 Å². The van der Waals surface area contributed by atoms with Gasteiger partial charge in [-0.3, -0.25) is 9.59 Å². The number of ether oxygens (including phenoxy) is 1. The fourth-order valence-corrected chi connectivity index (χ4v) is 3.85. The van der Waals surface area contributed by atoms with Gasteiger partial charge in [0.2, 0.25) is 11.8 Å². The molecule has 3 rings (SSSR count). The van der Waals surface area contributed by atoms with Crippen LogP contribution in [-0.4, -0.2) is 24.5 Å². The van der Waals surface area contributed by atoms with Crippen molar-refractivity contribution < 1.29 is 23.1 Å². The van der Waals surface area contributed by atoms with Crippen LogP contribution in [0.5, 0.6) is 5.75 Å². The number of methoxy groups -OCH3 is 1. The molecule has 0 bridgehead atoms. The van der Waals surface area contributed by atoms with Crippen LogP contribution in [0.25, 0.3) is 0 Å². The molecule has 5 nitrogen and oxygen atoms in total. The van der Waals surface area contributed by atoms with Crippen LogP contribution in [0.4, 0.5) is 8.78 Å². The quantitative estimate of drug-likeness (QED) is 0.688. The molecule has 0 spiro atoms. The third-order valence-corrected chi connectivity index (χ3v) is 5.60. The SMILES string of the molecule is COc1ccc(C[C@]2(CCC(=O)N[C@@H](C)c3ccc(F)cc3)CCC(=O)N2)c(F)c1. The highest BCUT2D eigenvalue weighted by molar-refractivity contribution is 5.80. The highest BCUT2D eigenvalue weighted by atomic mass is 19.1. The lowest BCUT2D eigenvalue weighted by molar-refractivity contribution is -0.123. The van der Waals surface area contributed by atoms with Crippen molar-refractivity contribution in [3.05, 3.63) is 65.2 Å². The summed E-state index contributed by atoms with van der Waals surface area (Å²) in [6, 6.07) is 10.3. The molecule has 2 aromatic rings. The van der Waals surface area contributed by atoms with Gasteiger partial charge in [-0.05, 0) is 55.5 Å². The molecule has 2 atom stereocenters. The molecule has 0 aliphatic carbocycles. The highest BCUT2D eigenvalue weighted by Gasteiger charge is 2.38. The molecule has 7 heteroatoms. The standard InChI is InChI=1S/C23H26F2N2O3/c1-15(16-3-6-18(24)7-4-16)26-21(28)9-11-23(12-10-22(29)27-23)14-17-5-8-19(30-2)13-20(17)25/h3-8,13,15H,9-12,14H2,1-2H3,(H,26,28)(H,27,29)/t15-,23-/m0/s1. The molecular weight excluding hydrogens is 390 g/mol. The first-order chi connectivity index (χ1) is 14.3. The molecule has 1 heterocycles. The summed E-state index contributed by atoms with van der Waals surface area (Å²) in [6.07, 6.45) is 1.77. The van der Waals surface area contributed by atoms with Crippen molar-refractivity contribution in [2.24, 2.45) is 0 Å². The number of hydrogen-bond acceptors (Lipinski definition) is 3. The summed E-state index contributed by atoms with van der Waals surface area (Å²) in [7, 11) is 1.47. The fraction of sp³-hybridized carbons (Fsp3) is 0.391. The lowest BCUT2D eigenvalue weighted by Gasteiger charge is -2.30. The summed E-state index contributed by atoms with van der Waals surface area (Å²) in [5.74, 6) is -0.576. The van der Waals surface area contributed by atoms with Gasteiger partial charge in [-0.1, -0.05) is 18.2 Å². The Bertz CT molecular complexity index is 917. The summed E-state index contributed by atoms with van der Waals surface area (Å²) in [5.41, 5.74) is 0.607. The number of halogens is 2. The maximum Gasteiger partial charge on any atom is 0.220 e. The van der Waals surface area contributed by atoms with E-state index in [-0.39, 0.29) is 30.1 Å². The highest BCUT2D eigenvalue weighted by Crippen LogP contribution is 2.31. The molecule has 1 saturated heterocycles. The van der Waals surface area contributed by atoms with Gasteiger partial charge in [0.05, 0.1) is 13.2 Å². The molecule has 0 saturated carbocycles. The van der Waals surface area contributed by atoms with Crippen molar-refractivity contribution >= 4 is 11.8 Å². The lowest BCUT2D eigenvalue weighted by atomic mass is 9.84. The van der Waals surface area contributed by atoms with E-state index in [0.717, 1.165) is 5.56 Å². The van der Waals surface area contributed by atoms with Gasteiger partial charge in [0.15, 0.2) is 0 Å². The molecule has 30 heavy (non-hydrogen) atoms. The summed E-state index contributed by atoms with van der Waals surface area (Å²) in [5, 5.41) is 5.85. The van der Waals surface area contributed by atoms with Crippen LogP contribution in [0, 0.1) is 11.6 Å². The molecule has 2 amide bonds. The Morgan fingerprint density at radius 2 is 1.97 bits per heavy atom. The van der Waals surface area contributed by atoms with E-state index in [1.165, 1.54) is 25.3 Å². The Kier molecular flexibility index (Phi) is 6.70. The number of benzene rings is 2. The van der Waals surface area contributed by atoms with Gasteiger partial charge >= 0.3 is 0 Å². The first kappa shape index (κ1) is 21.7. The monoisotopic (exact) mass is 416 g/mol. The minimum absolute atomic E-state index is 0.0935. The normalized spacial score (nSPS) is 19.3. The second kappa shape index (κ2) is 9.24. The summed E-state index contributed by atoms with van der Waals surface area (Å²) in [6.45, 7) is 1.82. The number of rotatable bonds is 8. The van der Waals surface area contributed by atoms with Gasteiger partial charge < -0.3 is 15.4 Å². The number of carbonyl (C=O) groups is 2. The van der Waals surface area contributed by atoms with Crippen LogP contribution in [0.2, 0.25) is 0 Å². The van der Waals surface area contributed by atoms with Gasteiger partial charge in [-0.2, -0.15) is 0 Å². The van der Waals surface area contributed by atoms with Crippen LogP contribution in [0.3, 0.4) is 0 Å². The van der Waals surface area contributed by atoms with Crippen molar-refractivity contribution in [1.29, 1.82) is 0 Å². The Morgan fingerprint density at radius 1 is 1.23 bits per heavy atom. The molecule has 1 aliphatic heterocycles. The molecule has 0 radical (unpaired) electrons. The number of nitrogens with one attached hydrogen (secondary N) is 2. The predicted octanol–water partition coefficient (Wildman–Crippen LogP) is 3.82. The Morgan fingerprint density at radius 3 is 2.57 bits per heavy atom. The number of amides is 2. The van der Waals surface area contributed by atoms with Crippen molar-refractivity contribution in [1.82, 2.24) is 10.6 Å². The van der Waals surface area contributed by atoms with Crippen LogP contribution < -0.4 is 15.4 Å². The topological polar surface area (TPSA) is 67.4 Å². The second-order valence-electron chi connectivity index (χ2n) is 7.80. The van der Waals surface area contributed by atoms with Crippen molar-refractivity contribution in [3.63, 3.8) is 0 Å². The van der Waals surface area contributed by atoms with Gasteiger partial charge in [0, 0.05) is 24.4 Å². The summed E-state index contributed by atoms with van der Waals surface area (Å²) in [4.78, 5) is 24.4. The zero-order valence-electron chi connectivity index (χ0n) is 17.1. The average Bonchev–Trinajstić information content (AvgIpc) is 3.09. The van der Waals surface area contributed by atoms with E-state index in [2.05, 4.69) is 10.6 Å². The number of hydrogen-bond donors (Lipinski definition) is 2. The van der Waals surface area contributed by atoms with Gasteiger partial charge in [0.1, 0.15) is 17.4 Å². The van der Waals surface area contributed by atoms with Crippen molar-refractivity contribution in [2.45, 2.75) is 50.6 Å². The van der Waals surface area contributed by atoms with Gasteiger partial charge in [-0.15, -0.1) is 0 Å². The van der Waals surface area contributed by atoms with Crippen LogP contribution in [0.1, 0.15) is 49.8 Å². The molecule has 1 fully saturated rings. The third kappa shape index (κ3) is 5.34. The molecular formula is C23H26F2N2O3. The van der Waals surface area contributed by atoms with E-state index < -0.39 is 11.4 Å². The van der Waals surface area contributed by atoms with E-state index in [9.17, 15) is 18.4 Å². The minimum atomic E-state index is -0.664. The zero-order chi connectivity index (χ0) is 21.7. The molecule has 160 valence electrons. The molecule has 2 N–H and O–H groups in total. The summed E-state index contributed by atoms with van der Waals surface area (Å²) >= 11 is 0. The maximum absolute atomic E-state index is 14.4. The average molecular weight is 416 g/mol. The van der Waals surface area contributed by atoms with Gasteiger partial charge in [-0.25, -0.2) is 8.78 Å². The second-order valence-corrected chi connectivity index (χ2v) is 7.80. The van der Waals surface area contributed by atoms with E-state index in [0.29, 0.717) is 37.0 Å². The van der Waals surface area contributed by atoms with Crippen LogP contribution in [0.15, 0.2) is 42.5 Å². The van der Waals surface area contributed by atoms with Crippen molar-refractivity contribution in [2.75, 3.05) is 7.11 Å². The van der Waals surface area contributed by atoms with Crippen LogP contribution >= 0.6 is 0 Å². The van der Waals surface area contributed by atoms with Crippen molar-refractivity contribution in [3.8, 4) is 5.75 Å². The van der Waals surface area contributed by atoms with E-state index in [1.54, 1.807) is 24.3 Å². The minimum Gasteiger partial charge on any atom is -0.497 e. The fourth-order valence-electron chi connectivity index (χ4n) is 3.85. The Balaban J connectivity index is 1.64. The smallest absolute Gasteiger partial charge is 0.220 e. The Hall–Kier alpha value is -2.96. The molecule has 2 aromatic carbocycles. The summed E-state index contributed by atoms with van der Waals surface area (Å²) < 4.78 is 32.6. The van der Waals surface area contributed by atoms with E-state index >= 15 is 0 Å². The first-order valence-electron chi connectivity index (χ1n) is 9.98. The predicted molar refractivity (Wildman–Crippen MR) is 109 cm³/mol. The number of carbonyl (C=O) groups excluding carboxylic acids is 2. The Labute approximate surface area is 174 Å². The zero-order valence-corrected chi connectivity index (χ0v) is 17.1.